The van der Waals surface area contributed by atoms with E-state index in [4.69, 9.17) is 42.6 Å². The van der Waals surface area contributed by atoms with Crippen molar-refractivity contribution >= 4 is 0 Å². The molecule has 0 aliphatic carbocycles. The highest BCUT2D eigenvalue weighted by Gasteiger charge is 2.54. The van der Waals surface area contributed by atoms with E-state index in [-0.39, 0.29) is 33.0 Å². The Morgan fingerprint density at radius 3 is 1.27 bits per heavy atom. The van der Waals surface area contributed by atoms with Crippen LogP contribution in [0.3, 0.4) is 0 Å². The maximum absolute atomic E-state index is 11.6. The molecule has 0 amide bonds. The second-order valence-corrected chi connectivity index (χ2v) is 14.6. The van der Waals surface area contributed by atoms with Gasteiger partial charge in [-0.1, -0.05) is 152 Å². The fourth-order valence-electron chi connectivity index (χ4n) is 7.34. The van der Waals surface area contributed by atoms with Crippen molar-refractivity contribution in [2.45, 2.75) is 94.4 Å². The van der Waals surface area contributed by atoms with Crippen molar-refractivity contribution in [2.75, 3.05) is 20.3 Å². The molecule has 2 aliphatic heterocycles. The van der Waals surface area contributed by atoms with E-state index < -0.39 is 68.0 Å². The minimum absolute atomic E-state index is 0.128. The summed E-state index contributed by atoms with van der Waals surface area (Å²) >= 11 is 0. The zero-order valence-corrected chi connectivity index (χ0v) is 33.2. The predicted molar refractivity (Wildman–Crippen MR) is 218 cm³/mol. The molecule has 2 saturated heterocycles. The average molecular weight is 807 g/mol. The molecule has 0 unspecified atom stereocenters. The van der Waals surface area contributed by atoms with Crippen molar-refractivity contribution in [2.24, 2.45) is 0 Å². The largest absolute Gasteiger partial charge is 0.394 e. The topological polar surface area (TPSA) is 124 Å². The molecule has 5 aromatic carbocycles. The van der Waals surface area contributed by atoms with Gasteiger partial charge in [0.15, 0.2) is 12.6 Å². The molecule has 7 rings (SSSR count). The molecule has 11 nitrogen and oxygen atoms in total. The third-order valence-electron chi connectivity index (χ3n) is 10.4. The van der Waals surface area contributed by atoms with Crippen LogP contribution in [-0.2, 0) is 75.7 Å². The first-order chi connectivity index (χ1) is 29.1. The van der Waals surface area contributed by atoms with Crippen LogP contribution in [0, 0.1) is 0 Å². The summed E-state index contributed by atoms with van der Waals surface area (Å²) in [5.41, 5.74) is 4.77. The smallest absolute Gasteiger partial charge is 0.187 e. The van der Waals surface area contributed by atoms with Gasteiger partial charge < -0.3 is 52.8 Å². The van der Waals surface area contributed by atoms with E-state index in [0.717, 1.165) is 27.8 Å². The van der Waals surface area contributed by atoms with Gasteiger partial charge in [-0.3, -0.25) is 0 Å². The molecule has 59 heavy (non-hydrogen) atoms. The summed E-state index contributed by atoms with van der Waals surface area (Å²) in [5, 5.41) is 21.8. The second kappa shape index (κ2) is 22.3. The van der Waals surface area contributed by atoms with Gasteiger partial charge in [-0.2, -0.15) is 0 Å². The van der Waals surface area contributed by atoms with Crippen molar-refractivity contribution in [3.63, 3.8) is 0 Å². The van der Waals surface area contributed by atoms with Crippen molar-refractivity contribution in [1.29, 1.82) is 0 Å². The highest BCUT2D eigenvalue weighted by atomic mass is 16.8. The molecule has 2 fully saturated rings. The summed E-state index contributed by atoms with van der Waals surface area (Å²) in [6, 6.07) is 49.2. The number of benzene rings is 5. The van der Waals surface area contributed by atoms with Crippen molar-refractivity contribution in [3.8, 4) is 0 Å². The summed E-state index contributed by atoms with van der Waals surface area (Å²) in [5.74, 6) is 0. The molecule has 0 spiro atoms. The molecule has 0 saturated carbocycles. The standard InChI is InChI=1S/C48H54O11/c1-51-47-46(43(41(50)39(27-49)57-47)54-30-36-21-11-4-12-22-36)59-48-45(56-32-38-25-15-6-16-26-38)44(55-31-37-23-13-5-14-24-37)42(53-29-35-19-9-3-10-20-35)40(58-48)33-52-28-34-17-7-2-8-18-34/h2-26,39-50H,27-33H2,1H3/t39-,40-,41+,42+,43+,44+,45-,46-,47-,48-/m1/s1. The van der Waals surface area contributed by atoms with E-state index in [2.05, 4.69) is 0 Å². The van der Waals surface area contributed by atoms with Crippen LogP contribution in [-0.4, -0.2) is 91.9 Å². The minimum Gasteiger partial charge on any atom is -0.394 e. The number of aliphatic hydroxyl groups excluding tert-OH is 2. The average Bonchev–Trinajstić information content (AvgIpc) is 3.29. The Hall–Kier alpha value is -4.34. The molecule has 0 aromatic heterocycles. The van der Waals surface area contributed by atoms with Crippen LogP contribution in [0.25, 0.3) is 0 Å². The van der Waals surface area contributed by atoms with Gasteiger partial charge in [-0.15, -0.1) is 0 Å². The lowest BCUT2D eigenvalue weighted by molar-refractivity contribution is -0.378. The monoisotopic (exact) mass is 806 g/mol. The van der Waals surface area contributed by atoms with Gasteiger partial charge in [0.2, 0.25) is 0 Å². The quantitative estimate of drug-likeness (QED) is 0.0912. The Balaban J connectivity index is 1.24. The number of hydrogen-bond acceptors (Lipinski definition) is 11. The lowest BCUT2D eigenvalue weighted by atomic mass is 9.96. The predicted octanol–water partition coefficient (Wildman–Crippen LogP) is 6.38. The van der Waals surface area contributed by atoms with Crippen LogP contribution < -0.4 is 0 Å². The first-order valence-electron chi connectivity index (χ1n) is 20.1. The van der Waals surface area contributed by atoms with Gasteiger partial charge in [0, 0.05) is 7.11 Å². The zero-order valence-electron chi connectivity index (χ0n) is 33.2. The summed E-state index contributed by atoms with van der Waals surface area (Å²) < 4.78 is 59.0. The van der Waals surface area contributed by atoms with Gasteiger partial charge in [-0.05, 0) is 27.8 Å². The first-order valence-corrected chi connectivity index (χ1v) is 20.1. The van der Waals surface area contributed by atoms with Crippen molar-refractivity contribution in [3.05, 3.63) is 179 Å². The number of aliphatic hydroxyl groups is 2. The molecule has 2 aliphatic rings. The van der Waals surface area contributed by atoms with Crippen molar-refractivity contribution < 1.29 is 52.8 Å². The van der Waals surface area contributed by atoms with Gasteiger partial charge in [0.05, 0.1) is 46.2 Å². The lowest BCUT2D eigenvalue weighted by Gasteiger charge is -2.49. The summed E-state index contributed by atoms with van der Waals surface area (Å²) in [6.07, 6.45) is -9.55. The van der Waals surface area contributed by atoms with Crippen LogP contribution >= 0.6 is 0 Å². The normalized spacial score (nSPS) is 27.0. The Bertz CT molecular complexity index is 1890. The minimum atomic E-state index is -1.27. The van der Waals surface area contributed by atoms with Crippen molar-refractivity contribution in [1.82, 2.24) is 0 Å². The third kappa shape index (κ3) is 11.9. The van der Waals surface area contributed by atoms with E-state index in [9.17, 15) is 10.2 Å². The van der Waals surface area contributed by atoms with Gasteiger partial charge in [0.1, 0.15) is 48.8 Å². The van der Waals surface area contributed by atoms with Crippen LogP contribution in [0.15, 0.2) is 152 Å². The van der Waals surface area contributed by atoms with Gasteiger partial charge >= 0.3 is 0 Å². The molecular weight excluding hydrogens is 753 g/mol. The number of methoxy groups -OCH3 is 1. The zero-order chi connectivity index (χ0) is 40.7. The maximum atomic E-state index is 11.6. The highest BCUT2D eigenvalue weighted by Crippen LogP contribution is 2.35. The number of hydrogen-bond donors (Lipinski definition) is 2. The first kappa shape index (κ1) is 42.8. The van der Waals surface area contributed by atoms with E-state index in [1.807, 2.05) is 152 Å². The molecule has 312 valence electrons. The third-order valence-corrected chi connectivity index (χ3v) is 10.4. The second-order valence-electron chi connectivity index (χ2n) is 14.6. The molecule has 2 N–H and O–H groups in total. The number of rotatable bonds is 20. The fraction of sp³-hybridized carbons (Fsp3) is 0.375. The van der Waals surface area contributed by atoms with E-state index in [1.165, 1.54) is 7.11 Å². The van der Waals surface area contributed by atoms with Crippen LogP contribution in [0.2, 0.25) is 0 Å². The molecule has 5 aromatic rings. The van der Waals surface area contributed by atoms with Gasteiger partial charge in [0.25, 0.3) is 0 Å². The SMILES string of the molecule is CO[C@@H]1O[C@H](CO)[C@H](O)[C@H](OCc2ccccc2)[C@H]1O[C@H]1O[C@H](COCc2ccccc2)[C@H](OCc2ccccc2)[C@H](OCc2ccccc2)[C@H]1OCc1ccccc1. The molecular formula is C48H54O11. The molecule has 11 heteroatoms. The van der Waals surface area contributed by atoms with Crippen LogP contribution in [0.4, 0.5) is 0 Å². The Morgan fingerprint density at radius 2 is 0.831 bits per heavy atom. The Morgan fingerprint density at radius 1 is 0.441 bits per heavy atom. The lowest BCUT2D eigenvalue weighted by Crippen LogP contribution is -2.66. The summed E-state index contributed by atoms with van der Waals surface area (Å²) in [7, 11) is 1.48. The van der Waals surface area contributed by atoms with E-state index in [0.29, 0.717) is 6.61 Å². The molecule has 0 radical (unpaired) electrons. The number of ether oxygens (including phenoxy) is 9. The van der Waals surface area contributed by atoms with E-state index >= 15 is 0 Å². The van der Waals surface area contributed by atoms with Crippen LogP contribution in [0.5, 0.6) is 0 Å². The Kier molecular flexibility index (Phi) is 16.2. The summed E-state index contributed by atoms with van der Waals surface area (Å²) in [6.45, 7) is 0.898. The summed E-state index contributed by atoms with van der Waals surface area (Å²) in [4.78, 5) is 0. The molecule has 2 heterocycles. The fourth-order valence-corrected chi connectivity index (χ4v) is 7.34. The highest BCUT2D eigenvalue weighted by molar-refractivity contribution is 5.17. The molecule has 10 atom stereocenters. The maximum Gasteiger partial charge on any atom is 0.187 e. The Labute approximate surface area is 346 Å². The van der Waals surface area contributed by atoms with Gasteiger partial charge in [-0.25, -0.2) is 0 Å². The van der Waals surface area contributed by atoms with Crippen LogP contribution in [0.1, 0.15) is 27.8 Å². The van der Waals surface area contributed by atoms with E-state index in [1.54, 1.807) is 0 Å². The molecule has 0 bridgehead atoms.